The Morgan fingerprint density at radius 3 is 2.21 bits per heavy atom. The number of benzene rings is 3. The molecule has 0 radical (unpaired) electrons. The molecule has 0 bridgehead atoms. The first-order chi connectivity index (χ1) is 14.2. The highest BCUT2D eigenvalue weighted by molar-refractivity contribution is 5.48. The molecule has 1 aliphatic heterocycles. The summed E-state index contributed by atoms with van der Waals surface area (Å²) in [6.07, 6.45) is 1.03. The molecule has 0 saturated carbocycles. The van der Waals surface area contributed by atoms with Crippen LogP contribution in [0.5, 0.6) is 11.5 Å². The number of quaternary nitrogens is 1. The first-order valence-electron chi connectivity index (χ1n) is 10.4. The van der Waals surface area contributed by atoms with Gasteiger partial charge in [-0.05, 0) is 31.0 Å². The van der Waals surface area contributed by atoms with Crippen molar-refractivity contribution in [3.63, 3.8) is 0 Å². The van der Waals surface area contributed by atoms with E-state index < -0.39 is 0 Å². The lowest BCUT2D eigenvalue weighted by atomic mass is 9.88. The second-order valence-corrected chi connectivity index (χ2v) is 8.04. The largest absolute Gasteiger partial charge is 0.496 e. The summed E-state index contributed by atoms with van der Waals surface area (Å²) in [5.41, 5.74) is 5.23. The van der Waals surface area contributed by atoms with Crippen molar-refractivity contribution in [2.45, 2.75) is 45.5 Å². The van der Waals surface area contributed by atoms with Gasteiger partial charge in [-0.25, -0.2) is 0 Å². The van der Waals surface area contributed by atoms with Gasteiger partial charge in [0.05, 0.1) is 18.7 Å². The van der Waals surface area contributed by atoms with Crippen molar-refractivity contribution < 1.29 is 14.4 Å². The molecule has 0 fully saturated rings. The Balaban J connectivity index is 1.58. The second kappa shape index (κ2) is 8.71. The minimum absolute atomic E-state index is 0.368. The summed E-state index contributed by atoms with van der Waals surface area (Å²) in [5, 5.41) is 0. The number of nitrogens with one attached hydrogen (secondary N) is 1. The topological polar surface area (TPSA) is 22.9 Å². The molecule has 0 aliphatic carbocycles. The first kappa shape index (κ1) is 19.5. The number of hydrogen-bond donors (Lipinski definition) is 1. The van der Waals surface area contributed by atoms with Crippen LogP contribution in [0.2, 0.25) is 0 Å². The van der Waals surface area contributed by atoms with Crippen molar-refractivity contribution in [2.75, 3.05) is 7.11 Å². The van der Waals surface area contributed by atoms with Crippen LogP contribution in [0.25, 0.3) is 0 Å². The molecule has 4 rings (SSSR count). The predicted octanol–water partition coefficient (Wildman–Crippen LogP) is 4.36. The fourth-order valence-electron chi connectivity index (χ4n) is 4.54. The van der Waals surface area contributed by atoms with Gasteiger partial charge in [-0.2, -0.15) is 0 Å². The summed E-state index contributed by atoms with van der Waals surface area (Å²) in [7, 11) is 1.76. The molecule has 3 aromatic carbocycles. The van der Waals surface area contributed by atoms with Crippen molar-refractivity contribution in [1.82, 2.24) is 0 Å². The van der Waals surface area contributed by atoms with Crippen molar-refractivity contribution >= 4 is 0 Å². The average molecular weight is 389 g/mol. The molecule has 3 nitrogen and oxygen atoms in total. The molecule has 3 atom stereocenters. The minimum atomic E-state index is 0.368. The third kappa shape index (κ3) is 4.30. The van der Waals surface area contributed by atoms with Crippen LogP contribution in [0.3, 0.4) is 0 Å². The van der Waals surface area contributed by atoms with Crippen molar-refractivity contribution in [3.8, 4) is 11.5 Å². The summed E-state index contributed by atoms with van der Waals surface area (Å²) < 4.78 is 11.9. The van der Waals surface area contributed by atoms with Crippen LogP contribution in [-0.4, -0.2) is 13.2 Å². The van der Waals surface area contributed by atoms with Gasteiger partial charge >= 0.3 is 0 Å². The standard InChI is InChI=1S/C26H29NO2/c1-19-14-23-15-24(29-18-22-12-8-5-9-13-22)16-25(28-3)26(23)20(2)27(19)17-21-10-6-4-7-11-21/h4-13,15-16,19-20H,14,17-18H2,1-3H3/p+1/t19-,20-/m1/s1. The SMILES string of the molecule is COc1cc(OCc2ccccc2)cc2c1[C@@H](C)[NH+](Cc1ccccc1)[C@H](C)C2. The van der Waals surface area contributed by atoms with Crippen LogP contribution in [0.15, 0.2) is 72.8 Å². The van der Waals surface area contributed by atoms with E-state index in [1.54, 1.807) is 12.0 Å². The summed E-state index contributed by atoms with van der Waals surface area (Å²) >= 11 is 0. The number of methoxy groups -OCH3 is 1. The smallest absolute Gasteiger partial charge is 0.131 e. The molecule has 1 N–H and O–H groups in total. The zero-order valence-electron chi connectivity index (χ0n) is 17.5. The van der Waals surface area contributed by atoms with Gasteiger partial charge in [-0.3, -0.25) is 0 Å². The maximum atomic E-state index is 6.11. The lowest BCUT2D eigenvalue weighted by Crippen LogP contribution is -3.15. The van der Waals surface area contributed by atoms with E-state index in [4.69, 9.17) is 9.47 Å². The van der Waals surface area contributed by atoms with Gasteiger partial charge in [0, 0.05) is 18.1 Å². The van der Waals surface area contributed by atoms with Crippen molar-refractivity contribution in [2.24, 2.45) is 0 Å². The number of ether oxygens (including phenoxy) is 2. The predicted molar refractivity (Wildman–Crippen MR) is 116 cm³/mol. The molecule has 0 aromatic heterocycles. The Morgan fingerprint density at radius 2 is 1.55 bits per heavy atom. The van der Waals surface area contributed by atoms with Crippen LogP contribution in [0.4, 0.5) is 0 Å². The van der Waals surface area contributed by atoms with E-state index in [9.17, 15) is 0 Å². The van der Waals surface area contributed by atoms with E-state index in [2.05, 4.69) is 62.4 Å². The van der Waals surface area contributed by atoms with E-state index in [0.29, 0.717) is 18.7 Å². The highest BCUT2D eigenvalue weighted by atomic mass is 16.5. The Morgan fingerprint density at radius 1 is 0.897 bits per heavy atom. The maximum absolute atomic E-state index is 6.11. The Bertz CT molecular complexity index is 940. The molecule has 29 heavy (non-hydrogen) atoms. The molecule has 3 heteroatoms. The van der Waals surface area contributed by atoms with Crippen LogP contribution in [0, 0.1) is 0 Å². The molecule has 3 aromatic rings. The fourth-order valence-corrected chi connectivity index (χ4v) is 4.54. The molecular formula is C26H30NO2+. The number of hydrogen-bond acceptors (Lipinski definition) is 2. The average Bonchev–Trinajstić information content (AvgIpc) is 2.76. The monoisotopic (exact) mass is 388 g/mol. The highest BCUT2D eigenvalue weighted by Gasteiger charge is 2.35. The molecule has 1 aliphatic rings. The van der Waals surface area contributed by atoms with Gasteiger partial charge in [-0.1, -0.05) is 60.7 Å². The third-order valence-corrected chi connectivity index (χ3v) is 6.07. The normalized spacial score (nSPS) is 20.7. The van der Waals surface area contributed by atoms with Gasteiger partial charge in [0.2, 0.25) is 0 Å². The van der Waals surface area contributed by atoms with Gasteiger partial charge in [0.15, 0.2) is 0 Å². The summed E-state index contributed by atoms with van der Waals surface area (Å²) in [6.45, 7) is 6.26. The molecule has 150 valence electrons. The second-order valence-electron chi connectivity index (χ2n) is 8.04. The van der Waals surface area contributed by atoms with Gasteiger partial charge in [-0.15, -0.1) is 0 Å². The minimum Gasteiger partial charge on any atom is -0.496 e. The first-order valence-corrected chi connectivity index (χ1v) is 10.4. The van der Waals surface area contributed by atoms with Gasteiger partial charge < -0.3 is 14.4 Å². The van der Waals surface area contributed by atoms with E-state index in [1.165, 1.54) is 22.3 Å². The summed E-state index contributed by atoms with van der Waals surface area (Å²) in [6, 6.07) is 26.2. The fraction of sp³-hybridized carbons (Fsp3) is 0.308. The lowest BCUT2D eigenvalue weighted by molar-refractivity contribution is -0.967. The quantitative estimate of drug-likeness (QED) is 0.678. The van der Waals surface area contributed by atoms with Crippen LogP contribution in [0.1, 0.15) is 42.1 Å². The maximum Gasteiger partial charge on any atom is 0.131 e. The van der Waals surface area contributed by atoms with Crippen molar-refractivity contribution in [1.29, 1.82) is 0 Å². The van der Waals surface area contributed by atoms with Crippen LogP contribution < -0.4 is 14.4 Å². The van der Waals surface area contributed by atoms with Crippen LogP contribution >= 0.6 is 0 Å². The Kier molecular flexibility index (Phi) is 5.86. The Hall–Kier alpha value is -2.78. The molecule has 0 saturated heterocycles. The number of rotatable bonds is 6. The van der Waals surface area contributed by atoms with Crippen LogP contribution in [-0.2, 0) is 19.6 Å². The van der Waals surface area contributed by atoms with Crippen molar-refractivity contribution in [3.05, 3.63) is 95.1 Å². The zero-order valence-corrected chi connectivity index (χ0v) is 17.5. The van der Waals surface area contributed by atoms with Gasteiger partial charge in [0.1, 0.15) is 30.7 Å². The molecule has 0 amide bonds. The summed E-state index contributed by atoms with van der Waals surface area (Å²) in [5.74, 6) is 1.82. The third-order valence-electron chi connectivity index (χ3n) is 6.07. The zero-order chi connectivity index (χ0) is 20.2. The number of fused-ring (bicyclic) bond motifs is 1. The van der Waals surface area contributed by atoms with Gasteiger partial charge in [0.25, 0.3) is 0 Å². The van der Waals surface area contributed by atoms with E-state index >= 15 is 0 Å². The van der Waals surface area contributed by atoms with E-state index in [0.717, 1.165) is 24.5 Å². The molecule has 1 unspecified atom stereocenters. The summed E-state index contributed by atoms with van der Waals surface area (Å²) in [4.78, 5) is 1.58. The Labute approximate surface area is 173 Å². The lowest BCUT2D eigenvalue weighted by Gasteiger charge is -2.38. The molecular weight excluding hydrogens is 358 g/mol. The van der Waals surface area contributed by atoms with E-state index in [-0.39, 0.29) is 0 Å². The van der Waals surface area contributed by atoms with E-state index in [1.807, 2.05) is 24.3 Å². The molecule has 0 spiro atoms. The highest BCUT2D eigenvalue weighted by Crippen LogP contribution is 2.35. The molecule has 1 heterocycles.